The lowest BCUT2D eigenvalue weighted by atomic mass is 9.90. The van der Waals surface area contributed by atoms with Gasteiger partial charge < -0.3 is 4.74 Å². The summed E-state index contributed by atoms with van der Waals surface area (Å²) in [6, 6.07) is 19.2. The number of hydrogen-bond donors (Lipinski definition) is 0. The van der Waals surface area contributed by atoms with Gasteiger partial charge in [-0.25, -0.2) is 0 Å². The summed E-state index contributed by atoms with van der Waals surface area (Å²) in [6.07, 6.45) is 2.41. The van der Waals surface area contributed by atoms with Crippen molar-refractivity contribution in [3.05, 3.63) is 76.9 Å². The van der Waals surface area contributed by atoms with Crippen molar-refractivity contribution in [3.63, 3.8) is 0 Å². The molecular weight excluding hydrogens is 372 g/mol. The molecule has 3 heterocycles. The number of aryl methyl sites for hydroxylation is 1. The molecule has 4 nitrogen and oxygen atoms in total. The molecule has 2 aliphatic heterocycles. The van der Waals surface area contributed by atoms with Crippen LogP contribution < -0.4 is 4.74 Å². The van der Waals surface area contributed by atoms with Gasteiger partial charge in [0.2, 0.25) is 5.91 Å². The average molecular weight is 396 g/mol. The number of aromatic nitrogens is 1. The molecule has 0 N–H and O–H groups in total. The fourth-order valence-corrected chi connectivity index (χ4v) is 5.33. The van der Waals surface area contributed by atoms with Crippen molar-refractivity contribution in [2.24, 2.45) is 0 Å². The van der Waals surface area contributed by atoms with Crippen molar-refractivity contribution in [3.8, 4) is 5.75 Å². The lowest BCUT2D eigenvalue weighted by Gasteiger charge is -2.30. The molecule has 150 valence electrons. The minimum Gasteiger partial charge on any atom is -0.497 e. The van der Waals surface area contributed by atoms with Crippen LogP contribution in [0.15, 0.2) is 54.6 Å². The molecule has 30 heavy (non-hydrogen) atoms. The van der Waals surface area contributed by atoms with Gasteiger partial charge in [0.1, 0.15) is 5.75 Å². The van der Waals surface area contributed by atoms with Crippen LogP contribution in [0.1, 0.15) is 33.5 Å². The predicted molar refractivity (Wildman–Crippen MR) is 119 cm³/mol. The van der Waals surface area contributed by atoms with Gasteiger partial charge in [0.05, 0.1) is 18.1 Å². The molecule has 0 radical (unpaired) electrons. The van der Waals surface area contributed by atoms with Gasteiger partial charge in [0.15, 0.2) is 0 Å². The average Bonchev–Trinajstić information content (AvgIpc) is 3.13. The molecule has 0 atom stereocenters. The lowest BCUT2D eigenvalue weighted by Crippen LogP contribution is -2.30. The third-order valence-electron chi connectivity index (χ3n) is 6.69. The molecule has 0 saturated heterocycles. The topological polar surface area (TPSA) is 34.5 Å². The molecule has 0 bridgehead atoms. The number of rotatable bonds is 3. The maximum absolute atomic E-state index is 12.8. The van der Waals surface area contributed by atoms with E-state index in [4.69, 9.17) is 4.74 Å². The van der Waals surface area contributed by atoms with Crippen molar-refractivity contribution < 1.29 is 9.53 Å². The van der Waals surface area contributed by atoms with Crippen LogP contribution in [0.3, 0.4) is 0 Å². The number of ether oxygens (including phenoxy) is 1. The fourth-order valence-electron chi connectivity index (χ4n) is 5.33. The van der Waals surface area contributed by atoms with E-state index < -0.39 is 0 Å². The first-order valence-corrected chi connectivity index (χ1v) is 10.7. The summed E-state index contributed by atoms with van der Waals surface area (Å²) in [5.74, 6) is 1.04. The van der Waals surface area contributed by atoms with Crippen molar-refractivity contribution in [1.82, 2.24) is 9.47 Å². The molecule has 1 aromatic heterocycles. The molecular formula is C26H24N2O2. The van der Waals surface area contributed by atoms with E-state index in [1.165, 1.54) is 27.6 Å². The summed E-state index contributed by atoms with van der Waals surface area (Å²) in [5, 5.41) is 2.41. The SMILES string of the molecule is COc1ccc2c(c1)c1c3c(cc4c1n2C(=O)CC4)CN(Cc1ccccc1)CC3. The quantitative estimate of drug-likeness (QED) is 0.492. The molecule has 2 aliphatic rings. The number of benzene rings is 3. The van der Waals surface area contributed by atoms with Gasteiger partial charge in [-0.15, -0.1) is 0 Å². The molecule has 0 saturated carbocycles. The Hall–Kier alpha value is -3.11. The number of carbonyl (C=O) groups is 1. The molecule has 3 aromatic carbocycles. The lowest BCUT2D eigenvalue weighted by molar-refractivity contribution is 0.0908. The van der Waals surface area contributed by atoms with E-state index in [9.17, 15) is 4.79 Å². The first kappa shape index (κ1) is 17.7. The van der Waals surface area contributed by atoms with Crippen LogP contribution in [0.25, 0.3) is 21.8 Å². The first-order chi connectivity index (χ1) is 14.7. The highest BCUT2D eigenvalue weighted by molar-refractivity contribution is 6.17. The zero-order valence-corrected chi connectivity index (χ0v) is 17.1. The number of hydrogen-bond acceptors (Lipinski definition) is 3. The number of nitrogens with zero attached hydrogens (tertiary/aromatic N) is 2. The van der Waals surface area contributed by atoms with E-state index >= 15 is 0 Å². The highest BCUT2D eigenvalue weighted by atomic mass is 16.5. The molecule has 0 fully saturated rings. The van der Waals surface area contributed by atoms with Gasteiger partial charge in [0.25, 0.3) is 0 Å². The van der Waals surface area contributed by atoms with E-state index in [2.05, 4.69) is 47.4 Å². The number of methoxy groups -OCH3 is 1. The predicted octanol–water partition coefficient (Wildman–Crippen LogP) is 4.95. The Morgan fingerprint density at radius 2 is 1.83 bits per heavy atom. The van der Waals surface area contributed by atoms with Crippen LogP contribution >= 0.6 is 0 Å². The van der Waals surface area contributed by atoms with Crippen molar-refractivity contribution in [2.45, 2.75) is 32.4 Å². The second-order valence-electron chi connectivity index (χ2n) is 8.46. The van der Waals surface area contributed by atoms with Gasteiger partial charge >= 0.3 is 0 Å². The Morgan fingerprint density at radius 1 is 0.967 bits per heavy atom. The summed E-state index contributed by atoms with van der Waals surface area (Å²) < 4.78 is 7.47. The van der Waals surface area contributed by atoms with Crippen LogP contribution in [0, 0.1) is 0 Å². The molecule has 4 heteroatoms. The Bertz CT molecular complexity index is 1300. The van der Waals surface area contributed by atoms with Gasteiger partial charge in [-0.1, -0.05) is 36.4 Å². The molecule has 0 aliphatic carbocycles. The van der Waals surface area contributed by atoms with E-state index in [0.29, 0.717) is 6.42 Å². The second kappa shape index (κ2) is 6.71. The summed E-state index contributed by atoms with van der Waals surface area (Å²) in [5.41, 5.74) is 7.62. The minimum absolute atomic E-state index is 0.203. The van der Waals surface area contributed by atoms with Gasteiger partial charge in [-0.3, -0.25) is 14.3 Å². The standard InChI is InChI=1S/C26H24N2O2/c1-30-20-8-9-23-22(14-20)25-21-11-12-27(15-17-5-3-2-4-6-17)16-19(21)13-18-7-10-24(29)28(23)26(18)25/h2-6,8-9,13-14H,7,10-12,15-16H2,1H3. The van der Waals surface area contributed by atoms with Crippen LogP contribution in [0.2, 0.25) is 0 Å². The highest BCUT2D eigenvalue weighted by Gasteiger charge is 2.29. The Balaban J connectivity index is 1.53. The van der Waals surface area contributed by atoms with Crippen LogP contribution in [-0.4, -0.2) is 29.0 Å². The zero-order valence-electron chi connectivity index (χ0n) is 17.1. The van der Waals surface area contributed by atoms with Gasteiger partial charge in [-0.05, 0) is 53.3 Å². The van der Waals surface area contributed by atoms with E-state index in [1.54, 1.807) is 7.11 Å². The van der Waals surface area contributed by atoms with Gasteiger partial charge in [-0.2, -0.15) is 0 Å². The Morgan fingerprint density at radius 3 is 2.67 bits per heavy atom. The zero-order chi connectivity index (χ0) is 20.2. The highest BCUT2D eigenvalue weighted by Crippen LogP contribution is 2.41. The molecule has 0 amide bonds. The van der Waals surface area contributed by atoms with E-state index in [1.807, 2.05) is 16.7 Å². The van der Waals surface area contributed by atoms with Crippen LogP contribution in [0.4, 0.5) is 0 Å². The summed E-state index contributed by atoms with van der Waals surface area (Å²) in [7, 11) is 1.70. The van der Waals surface area contributed by atoms with Crippen molar-refractivity contribution >= 4 is 27.7 Å². The number of fused-ring (bicyclic) bond motifs is 5. The minimum atomic E-state index is 0.203. The van der Waals surface area contributed by atoms with Crippen molar-refractivity contribution in [2.75, 3.05) is 13.7 Å². The van der Waals surface area contributed by atoms with E-state index in [-0.39, 0.29) is 5.91 Å². The summed E-state index contributed by atoms with van der Waals surface area (Å²) in [4.78, 5) is 15.4. The first-order valence-electron chi connectivity index (χ1n) is 10.7. The van der Waals surface area contributed by atoms with Crippen LogP contribution in [0.5, 0.6) is 5.75 Å². The Labute approximate surface area is 175 Å². The maximum atomic E-state index is 12.8. The molecule has 6 rings (SSSR count). The maximum Gasteiger partial charge on any atom is 0.231 e. The smallest absolute Gasteiger partial charge is 0.231 e. The summed E-state index contributed by atoms with van der Waals surface area (Å²) >= 11 is 0. The Kier molecular flexibility index (Phi) is 3.96. The second-order valence-corrected chi connectivity index (χ2v) is 8.46. The van der Waals surface area contributed by atoms with E-state index in [0.717, 1.165) is 54.6 Å². The van der Waals surface area contributed by atoms with Gasteiger partial charge in [0, 0.05) is 36.8 Å². The normalized spacial score (nSPS) is 16.2. The number of carbonyl (C=O) groups excluding carboxylic acids is 1. The third-order valence-corrected chi connectivity index (χ3v) is 6.69. The molecule has 0 spiro atoms. The summed E-state index contributed by atoms with van der Waals surface area (Å²) in [6.45, 7) is 2.96. The van der Waals surface area contributed by atoms with Crippen molar-refractivity contribution in [1.29, 1.82) is 0 Å². The monoisotopic (exact) mass is 396 g/mol. The largest absolute Gasteiger partial charge is 0.497 e. The third kappa shape index (κ3) is 2.60. The fraction of sp³-hybridized carbons (Fsp3) is 0.269. The van der Waals surface area contributed by atoms with Crippen LogP contribution in [-0.2, 0) is 25.9 Å². The molecule has 0 unspecified atom stereocenters. The molecule has 4 aromatic rings.